The van der Waals surface area contributed by atoms with Crippen LogP contribution in [0.2, 0.25) is 0 Å². The highest BCUT2D eigenvalue weighted by atomic mass is 16.5. The third kappa shape index (κ3) is 3.62. The third-order valence-corrected chi connectivity index (χ3v) is 4.32. The number of amides is 1. The molecule has 1 amide bonds. The fourth-order valence-corrected chi connectivity index (χ4v) is 2.77. The van der Waals surface area contributed by atoms with E-state index >= 15 is 0 Å². The summed E-state index contributed by atoms with van der Waals surface area (Å²) in [4.78, 5) is 21.0. The predicted molar refractivity (Wildman–Crippen MR) is 88.3 cm³/mol. The van der Waals surface area contributed by atoms with Crippen LogP contribution < -0.4 is 5.32 Å². The molecule has 0 aliphatic carbocycles. The zero-order valence-electron chi connectivity index (χ0n) is 14.2. The lowest BCUT2D eigenvalue weighted by Crippen LogP contribution is -2.32. The first kappa shape index (κ1) is 16.6. The molecule has 0 saturated carbocycles. The summed E-state index contributed by atoms with van der Waals surface area (Å²) >= 11 is 0. The van der Waals surface area contributed by atoms with Gasteiger partial charge in [-0.15, -0.1) is 0 Å². The van der Waals surface area contributed by atoms with Crippen LogP contribution in [0.1, 0.15) is 54.9 Å². The summed E-state index contributed by atoms with van der Waals surface area (Å²) in [5.41, 5.74) is 1.02. The van der Waals surface area contributed by atoms with Crippen molar-refractivity contribution >= 4 is 5.91 Å². The first-order valence-corrected chi connectivity index (χ1v) is 8.37. The number of hydrogen-bond acceptors (Lipinski definition) is 5. The number of rotatable bonds is 5. The lowest BCUT2D eigenvalue weighted by molar-refractivity contribution is -0.0760. The molecule has 3 rings (SSSR count). The van der Waals surface area contributed by atoms with Gasteiger partial charge in [-0.25, -0.2) is 9.97 Å². The maximum absolute atomic E-state index is 12.1. The summed E-state index contributed by atoms with van der Waals surface area (Å²) in [6, 6.07) is 0. The third-order valence-electron chi connectivity index (χ3n) is 4.32. The van der Waals surface area contributed by atoms with E-state index in [9.17, 15) is 4.79 Å². The maximum atomic E-state index is 12.1. The number of nitrogens with zero attached hydrogens (tertiary/aromatic N) is 4. The van der Waals surface area contributed by atoms with Gasteiger partial charge in [-0.3, -0.25) is 9.48 Å². The molecule has 128 valence electrons. The van der Waals surface area contributed by atoms with Crippen LogP contribution >= 0.6 is 0 Å². The lowest BCUT2D eigenvalue weighted by Gasteiger charge is -2.32. The highest BCUT2D eigenvalue weighted by Crippen LogP contribution is 2.32. The Hall–Kier alpha value is -2.28. The lowest BCUT2D eigenvalue weighted by atomic mass is 9.95. The minimum Gasteiger partial charge on any atom is -0.367 e. The molecule has 7 heteroatoms. The number of carbonyl (C=O) groups excluding carboxylic acids is 1. The van der Waals surface area contributed by atoms with Crippen LogP contribution in [0.25, 0.3) is 0 Å². The van der Waals surface area contributed by atoms with Gasteiger partial charge in [-0.2, -0.15) is 5.10 Å². The molecular weight excluding hydrogens is 306 g/mol. The van der Waals surface area contributed by atoms with E-state index in [1.165, 1.54) is 0 Å². The number of hydrogen-bond donors (Lipinski definition) is 1. The fraction of sp³-hybridized carbons (Fsp3) is 0.529. The van der Waals surface area contributed by atoms with Gasteiger partial charge in [0.1, 0.15) is 5.60 Å². The van der Waals surface area contributed by atoms with Crippen molar-refractivity contribution in [3.63, 3.8) is 0 Å². The molecule has 2 aromatic heterocycles. The summed E-state index contributed by atoms with van der Waals surface area (Å²) < 4.78 is 7.58. The molecule has 0 radical (unpaired) electrons. The number of aryl methyl sites for hydroxylation is 1. The Morgan fingerprint density at radius 3 is 2.75 bits per heavy atom. The van der Waals surface area contributed by atoms with E-state index in [4.69, 9.17) is 4.74 Å². The van der Waals surface area contributed by atoms with Gasteiger partial charge in [0.2, 0.25) is 0 Å². The number of ether oxygens (including phenoxy) is 1. The Labute approximate surface area is 141 Å². The van der Waals surface area contributed by atoms with Gasteiger partial charge in [-0.05, 0) is 33.1 Å². The van der Waals surface area contributed by atoms with Crippen LogP contribution in [0, 0.1) is 0 Å². The van der Waals surface area contributed by atoms with Gasteiger partial charge in [0.25, 0.3) is 5.91 Å². The summed E-state index contributed by atoms with van der Waals surface area (Å²) in [7, 11) is 0. The van der Waals surface area contributed by atoms with E-state index in [1.807, 2.05) is 13.8 Å². The van der Waals surface area contributed by atoms with Gasteiger partial charge in [0, 0.05) is 43.9 Å². The molecule has 0 bridgehead atoms. The molecule has 0 aromatic carbocycles. The topological polar surface area (TPSA) is 81.9 Å². The smallest absolute Gasteiger partial charge is 0.254 e. The molecule has 0 spiro atoms. The van der Waals surface area contributed by atoms with Crippen molar-refractivity contribution in [1.82, 2.24) is 25.1 Å². The maximum Gasteiger partial charge on any atom is 0.254 e. The van der Waals surface area contributed by atoms with Crippen molar-refractivity contribution in [2.24, 2.45) is 0 Å². The average molecular weight is 329 g/mol. The quantitative estimate of drug-likeness (QED) is 0.908. The van der Waals surface area contributed by atoms with E-state index in [0.717, 1.165) is 38.0 Å². The Bertz CT molecular complexity index is 689. The molecule has 3 heterocycles. The monoisotopic (exact) mass is 329 g/mol. The number of aromatic nitrogens is 4. The van der Waals surface area contributed by atoms with E-state index < -0.39 is 5.60 Å². The van der Waals surface area contributed by atoms with Gasteiger partial charge in [-0.1, -0.05) is 0 Å². The first-order valence-electron chi connectivity index (χ1n) is 8.37. The van der Waals surface area contributed by atoms with Crippen molar-refractivity contribution in [2.75, 3.05) is 6.61 Å². The summed E-state index contributed by atoms with van der Waals surface area (Å²) in [6.07, 6.45) is 9.96. The standard InChI is InChI=1S/C17H23N5O2/c1-3-22-12-14(11-21-22)15(23)18-8-13-9-19-16(20-10-13)17(2)6-4-5-7-24-17/h9-12H,3-8H2,1-2H3,(H,18,23)/t17-/m1/s1. The van der Waals surface area contributed by atoms with Crippen LogP contribution in [0.5, 0.6) is 0 Å². The van der Waals surface area contributed by atoms with Crippen molar-refractivity contribution < 1.29 is 9.53 Å². The Kier molecular flexibility index (Phi) is 4.89. The van der Waals surface area contributed by atoms with E-state index in [2.05, 4.69) is 20.4 Å². The van der Waals surface area contributed by atoms with Crippen molar-refractivity contribution in [3.8, 4) is 0 Å². The van der Waals surface area contributed by atoms with Gasteiger partial charge >= 0.3 is 0 Å². The molecule has 24 heavy (non-hydrogen) atoms. The molecule has 1 saturated heterocycles. The summed E-state index contributed by atoms with van der Waals surface area (Å²) in [6.45, 7) is 5.89. The number of nitrogens with one attached hydrogen (secondary N) is 1. The zero-order valence-corrected chi connectivity index (χ0v) is 14.2. The highest BCUT2D eigenvalue weighted by molar-refractivity contribution is 5.93. The molecule has 1 aliphatic heterocycles. The Balaban J connectivity index is 1.59. The largest absolute Gasteiger partial charge is 0.367 e. The normalized spacial score (nSPS) is 20.8. The minimum absolute atomic E-state index is 0.152. The molecular formula is C17H23N5O2. The van der Waals surface area contributed by atoms with Gasteiger partial charge in [0.15, 0.2) is 5.82 Å². The molecule has 0 unspecified atom stereocenters. The Morgan fingerprint density at radius 2 is 2.12 bits per heavy atom. The first-order chi connectivity index (χ1) is 11.6. The van der Waals surface area contributed by atoms with E-state index in [0.29, 0.717) is 17.9 Å². The molecule has 1 N–H and O–H groups in total. The average Bonchev–Trinajstić information content (AvgIpc) is 3.10. The zero-order chi connectivity index (χ0) is 17.0. The number of carbonyl (C=O) groups is 1. The van der Waals surface area contributed by atoms with Crippen LogP contribution in [-0.2, 0) is 23.4 Å². The van der Waals surface area contributed by atoms with Crippen LogP contribution in [0.4, 0.5) is 0 Å². The van der Waals surface area contributed by atoms with Crippen LogP contribution in [0.15, 0.2) is 24.8 Å². The SMILES string of the molecule is CCn1cc(C(=O)NCc2cnc([C@@]3(C)CCCCO3)nc2)cn1. The molecule has 1 atom stereocenters. The Morgan fingerprint density at radius 1 is 1.33 bits per heavy atom. The summed E-state index contributed by atoms with van der Waals surface area (Å²) in [5.74, 6) is 0.558. The molecule has 2 aromatic rings. The molecule has 1 fully saturated rings. The molecule has 7 nitrogen and oxygen atoms in total. The van der Waals surface area contributed by atoms with Crippen molar-refractivity contribution in [3.05, 3.63) is 41.7 Å². The summed E-state index contributed by atoms with van der Waals surface area (Å²) in [5, 5.41) is 6.96. The van der Waals surface area contributed by atoms with Crippen molar-refractivity contribution in [2.45, 2.75) is 51.8 Å². The van der Waals surface area contributed by atoms with Gasteiger partial charge < -0.3 is 10.1 Å². The minimum atomic E-state index is -0.394. The van der Waals surface area contributed by atoms with Gasteiger partial charge in [0.05, 0.1) is 11.8 Å². The molecule has 1 aliphatic rings. The highest BCUT2D eigenvalue weighted by Gasteiger charge is 2.32. The van der Waals surface area contributed by atoms with Crippen LogP contribution in [0.3, 0.4) is 0 Å². The second-order valence-electron chi connectivity index (χ2n) is 6.22. The van der Waals surface area contributed by atoms with Crippen molar-refractivity contribution in [1.29, 1.82) is 0 Å². The second-order valence-corrected chi connectivity index (χ2v) is 6.22. The fourth-order valence-electron chi connectivity index (χ4n) is 2.77. The van der Waals surface area contributed by atoms with E-state index in [-0.39, 0.29) is 5.91 Å². The predicted octanol–water partition coefficient (Wildman–Crippen LogP) is 2.04. The second kappa shape index (κ2) is 7.09. The van der Waals surface area contributed by atoms with Crippen LogP contribution in [-0.4, -0.2) is 32.3 Å². The van der Waals surface area contributed by atoms with E-state index in [1.54, 1.807) is 29.5 Å².